The molecule has 3 heterocycles. The molecule has 0 atom stereocenters. The molecule has 1 saturated carbocycles. The predicted molar refractivity (Wildman–Crippen MR) is 108 cm³/mol. The zero-order chi connectivity index (χ0) is 21.6. The van der Waals surface area contributed by atoms with Crippen molar-refractivity contribution in [3.8, 4) is 0 Å². The molecule has 31 heavy (non-hydrogen) atoms. The molecule has 1 aliphatic carbocycles. The molecule has 1 aromatic heterocycles. The number of anilines is 1. The summed E-state index contributed by atoms with van der Waals surface area (Å²) in [6, 6.07) is 7.65. The molecule has 3 aliphatic rings. The van der Waals surface area contributed by atoms with Gasteiger partial charge in [-0.1, -0.05) is 12.1 Å². The molecule has 1 aromatic carbocycles. The first-order valence-corrected chi connectivity index (χ1v) is 10.1. The number of rotatable bonds is 2. The summed E-state index contributed by atoms with van der Waals surface area (Å²) in [5.41, 5.74) is 0.738. The Kier molecular flexibility index (Phi) is 4.53. The van der Waals surface area contributed by atoms with E-state index >= 15 is 0 Å². The van der Waals surface area contributed by atoms with E-state index in [1.165, 1.54) is 17.1 Å². The highest BCUT2D eigenvalue weighted by molar-refractivity contribution is 6.44. The van der Waals surface area contributed by atoms with Crippen molar-refractivity contribution >= 4 is 29.2 Å². The van der Waals surface area contributed by atoms with Gasteiger partial charge in [-0.15, -0.1) is 5.10 Å². The van der Waals surface area contributed by atoms with E-state index in [2.05, 4.69) is 15.4 Å². The Balaban J connectivity index is 1.26. The predicted octanol–water partition coefficient (Wildman–Crippen LogP) is 2.30. The molecule has 2 aromatic rings. The highest BCUT2D eigenvalue weighted by Gasteiger charge is 2.48. The van der Waals surface area contributed by atoms with Crippen LogP contribution < -0.4 is 10.3 Å². The Hall–Kier alpha value is -3.62. The first-order valence-electron chi connectivity index (χ1n) is 10.1. The highest BCUT2D eigenvalue weighted by atomic mass is 19.1. The third-order valence-electron chi connectivity index (χ3n) is 6.13. The number of hydrogen-bond acceptors (Lipinski definition) is 7. The van der Waals surface area contributed by atoms with Gasteiger partial charge in [0.05, 0.1) is 11.3 Å². The van der Waals surface area contributed by atoms with E-state index < -0.39 is 11.4 Å². The number of esters is 1. The number of benzene rings is 1. The maximum absolute atomic E-state index is 14.0. The number of halogens is 1. The largest absolute Gasteiger partial charge is 0.450 e. The minimum absolute atomic E-state index is 0.0876. The Labute approximate surface area is 177 Å². The topological polar surface area (TPSA) is 101 Å². The van der Waals surface area contributed by atoms with Gasteiger partial charge in [-0.25, -0.2) is 9.18 Å². The van der Waals surface area contributed by atoms with Crippen LogP contribution >= 0.6 is 0 Å². The quantitative estimate of drug-likeness (QED) is 0.746. The normalized spacial score (nSPS) is 24.7. The van der Waals surface area contributed by atoms with Crippen molar-refractivity contribution in [2.24, 2.45) is 11.0 Å². The van der Waals surface area contributed by atoms with E-state index in [4.69, 9.17) is 4.74 Å². The number of Topliss-reactive ketones (excluding diaryl/α,β-unsaturated/α-hetero) is 1. The van der Waals surface area contributed by atoms with Gasteiger partial charge in [0.15, 0.2) is 5.84 Å². The molecule has 1 spiro atoms. The minimum Gasteiger partial charge on any atom is -0.450 e. The zero-order valence-electron chi connectivity index (χ0n) is 16.5. The number of amidine groups is 1. The Bertz CT molecular complexity index is 1120. The van der Waals surface area contributed by atoms with E-state index in [9.17, 15) is 18.8 Å². The maximum Gasteiger partial charge on any atom is 0.339 e. The van der Waals surface area contributed by atoms with Gasteiger partial charge in [-0.05, 0) is 43.9 Å². The van der Waals surface area contributed by atoms with Crippen LogP contribution in [0.25, 0.3) is 0 Å². The molecule has 5 rings (SSSR count). The number of carbonyl (C=O) groups is 3. The lowest BCUT2D eigenvalue weighted by Crippen LogP contribution is -2.42. The van der Waals surface area contributed by atoms with Crippen LogP contribution in [0.3, 0.4) is 0 Å². The molecule has 1 fully saturated rings. The lowest BCUT2D eigenvalue weighted by Gasteiger charge is -2.35. The first kappa shape index (κ1) is 19.3. The summed E-state index contributed by atoms with van der Waals surface area (Å²) in [5.74, 6) is -1.98. The summed E-state index contributed by atoms with van der Waals surface area (Å²) in [6.07, 6.45) is 5.19. The monoisotopic (exact) mass is 422 g/mol. The van der Waals surface area contributed by atoms with Crippen LogP contribution in [-0.2, 0) is 19.9 Å². The smallest absolute Gasteiger partial charge is 0.339 e. The molecule has 9 heteroatoms. The SMILES string of the molecule is O=C1CN(c2ccccc2F)N=C1NC(=O)C1CCC2(CC1)OC(=O)c1ccncc12. The summed E-state index contributed by atoms with van der Waals surface area (Å²) in [4.78, 5) is 41.3. The van der Waals surface area contributed by atoms with Crippen molar-refractivity contribution in [2.45, 2.75) is 31.3 Å². The molecule has 1 N–H and O–H groups in total. The van der Waals surface area contributed by atoms with Gasteiger partial charge in [0.2, 0.25) is 11.7 Å². The van der Waals surface area contributed by atoms with Gasteiger partial charge in [0.25, 0.3) is 0 Å². The lowest BCUT2D eigenvalue weighted by molar-refractivity contribution is -0.127. The fourth-order valence-corrected chi connectivity index (χ4v) is 4.48. The van der Waals surface area contributed by atoms with Crippen LogP contribution in [-0.4, -0.2) is 35.0 Å². The van der Waals surface area contributed by atoms with E-state index in [0.29, 0.717) is 31.2 Å². The van der Waals surface area contributed by atoms with E-state index in [-0.39, 0.29) is 41.6 Å². The Morgan fingerprint density at radius 1 is 1.19 bits per heavy atom. The number of hydrazone groups is 1. The molecule has 0 unspecified atom stereocenters. The average Bonchev–Trinajstić information content (AvgIpc) is 3.26. The third-order valence-corrected chi connectivity index (χ3v) is 6.13. The first-order chi connectivity index (χ1) is 15.0. The number of ketones is 1. The number of hydrogen-bond donors (Lipinski definition) is 1. The molecule has 0 radical (unpaired) electrons. The van der Waals surface area contributed by atoms with E-state index in [1.54, 1.807) is 30.6 Å². The van der Waals surface area contributed by atoms with E-state index in [0.717, 1.165) is 5.56 Å². The number of nitrogens with zero attached hydrogens (tertiary/aromatic N) is 3. The molecular formula is C22H19FN4O4. The second kappa shape index (κ2) is 7.26. The second-order valence-electron chi connectivity index (χ2n) is 7.95. The van der Waals surface area contributed by atoms with Crippen LogP contribution in [0.2, 0.25) is 0 Å². The Morgan fingerprint density at radius 3 is 2.74 bits per heavy atom. The number of fused-ring (bicyclic) bond motifs is 2. The lowest BCUT2D eigenvalue weighted by atomic mass is 9.75. The van der Waals surface area contributed by atoms with Crippen molar-refractivity contribution in [1.29, 1.82) is 0 Å². The highest BCUT2D eigenvalue weighted by Crippen LogP contribution is 2.47. The summed E-state index contributed by atoms with van der Waals surface area (Å²) >= 11 is 0. The summed E-state index contributed by atoms with van der Waals surface area (Å²) in [7, 11) is 0. The fraction of sp³-hybridized carbons (Fsp3) is 0.318. The van der Waals surface area contributed by atoms with Gasteiger partial charge in [-0.2, -0.15) is 0 Å². The van der Waals surface area contributed by atoms with Gasteiger partial charge in [-0.3, -0.25) is 19.6 Å². The van der Waals surface area contributed by atoms with Crippen molar-refractivity contribution in [1.82, 2.24) is 10.3 Å². The van der Waals surface area contributed by atoms with Crippen LogP contribution in [0.5, 0.6) is 0 Å². The number of pyridine rings is 1. The van der Waals surface area contributed by atoms with Gasteiger partial charge in [0.1, 0.15) is 18.0 Å². The van der Waals surface area contributed by atoms with Crippen molar-refractivity contribution in [3.05, 3.63) is 59.7 Å². The molecule has 0 saturated heterocycles. The van der Waals surface area contributed by atoms with Gasteiger partial charge < -0.3 is 10.1 Å². The van der Waals surface area contributed by atoms with Crippen LogP contribution in [0.15, 0.2) is 47.8 Å². The molecule has 8 nitrogen and oxygen atoms in total. The van der Waals surface area contributed by atoms with Crippen molar-refractivity contribution < 1.29 is 23.5 Å². The van der Waals surface area contributed by atoms with Gasteiger partial charge in [0, 0.05) is 23.9 Å². The van der Waals surface area contributed by atoms with Crippen LogP contribution in [0.4, 0.5) is 10.1 Å². The van der Waals surface area contributed by atoms with Crippen molar-refractivity contribution in [3.63, 3.8) is 0 Å². The second-order valence-corrected chi connectivity index (χ2v) is 7.95. The molecular weight excluding hydrogens is 403 g/mol. The van der Waals surface area contributed by atoms with Crippen LogP contribution in [0.1, 0.15) is 41.6 Å². The zero-order valence-corrected chi connectivity index (χ0v) is 16.5. The van der Waals surface area contributed by atoms with E-state index in [1.807, 2.05) is 0 Å². The standard InChI is InChI=1S/C22H19FN4O4/c23-16-3-1-2-4-17(16)27-12-18(28)19(26-27)25-20(29)13-5-8-22(9-6-13)15-11-24-10-7-14(15)21(30)31-22/h1-4,7,10-11,13H,5-6,8-9,12H2,(H,25,26,29). The summed E-state index contributed by atoms with van der Waals surface area (Å²) in [5, 5.41) is 7.94. The summed E-state index contributed by atoms with van der Waals surface area (Å²) in [6.45, 7) is -0.135. The number of aromatic nitrogens is 1. The number of nitrogens with one attached hydrogen (secondary N) is 1. The average molecular weight is 422 g/mol. The summed E-state index contributed by atoms with van der Waals surface area (Å²) < 4.78 is 19.7. The Morgan fingerprint density at radius 2 is 1.97 bits per heavy atom. The van der Waals surface area contributed by atoms with Gasteiger partial charge >= 0.3 is 5.97 Å². The third kappa shape index (κ3) is 3.26. The molecule has 0 bridgehead atoms. The van der Waals surface area contributed by atoms with Crippen molar-refractivity contribution in [2.75, 3.05) is 11.6 Å². The number of carbonyl (C=O) groups excluding carboxylic acids is 3. The molecule has 2 aliphatic heterocycles. The molecule has 1 amide bonds. The molecule has 158 valence electrons. The minimum atomic E-state index is -0.736. The number of amides is 1. The maximum atomic E-state index is 14.0. The number of ether oxygens (including phenoxy) is 1. The van der Waals surface area contributed by atoms with Crippen LogP contribution in [0, 0.1) is 11.7 Å². The number of para-hydroxylation sites is 1. The fourth-order valence-electron chi connectivity index (χ4n) is 4.48.